The predicted octanol–water partition coefficient (Wildman–Crippen LogP) is 3.48. The molecule has 26 heavy (non-hydrogen) atoms. The van der Waals surface area contributed by atoms with E-state index in [9.17, 15) is 22.8 Å². The Kier molecular flexibility index (Phi) is 6.32. The van der Waals surface area contributed by atoms with Gasteiger partial charge >= 0.3 is 6.18 Å². The van der Waals surface area contributed by atoms with Crippen molar-refractivity contribution in [1.82, 2.24) is 9.88 Å². The Hall–Kier alpha value is -2.90. The third-order valence-corrected chi connectivity index (χ3v) is 3.63. The fourth-order valence-electron chi connectivity index (χ4n) is 2.24. The van der Waals surface area contributed by atoms with E-state index in [0.717, 1.165) is 12.1 Å². The van der Waals surface area contributed by atoms with E-state index in [-0.39, 0.29) is 31.1 Å². The molecule has 0 atom stereocenters. The third kappa shape index (κ3) is 5.87. The van der Waals surface area contributed by atoms with Crippen LogP contribution in [0, 0.1) is 0 Å². The third-order valence-electron chi connectivity index (χ3n) is 3.63. The molecule has 1 N–H and O–H groups in total. The van der Waals surface area contributed by atoms with E-state index in [1.807, 2.05) is 0 Å². The molecule has 0 spiro atoms. The number of carbonyl (C=O) groups is 2. The zero-order chi connectivity index (χ0) is 19.2. The number of benzene rings is 1. The molecule has 0 unspecified atom stereocenters. The van der Waals surface area contributed by atoms with Gasteiger partial charge in [0.05, 0.1) is 17.8 Å². The van der Waals surface area contributed by atoms with E-state index in [1.165, 1.54) is 24.0 Å². The van der Waals surface area contributed by atoms with Crippen LogP contribution in [0.25, 0.3) is 0 Å². The van der Waals surface area contributed by atoms with Crippen molar-refractivity contribution in [3.63, 3.8) is 0 Å². The molecule has 0 aliphatic carbocycles. The topological polar surface area (TPSA) is 62.3 Å². The Morgan fingerprint density at radius 2 is 1.81 bits per heavy atom. The van der Waals surface area contributed by atoms with Crippen molar-refractivity contribution in [1.29, 1.82) is 0 Å². The summed E-state index contributed by atoms with van der Waals surface area (Å²) in [7, 11) is 0. The van der Waals surface area contributed by atoms with Crippen LogP contribution in [0.1, 0.15) is 24.6 Å². The maximum absolute atomic E-state index is 12.5. The van der Waals surface area contributed by atoms with Gasteiger partial charge in [-0.2, -0.15) is 13.2 Å². The molecule has 0 saturated carbocycles. The number of anilines is 1. The number of nitrogens with one attached hydrogen (secondary N) is 1. The van der Waals surface area contributed by atoms with Crippen molar-refractivity contribution in [2.24, 2.45) is 0 Å². The summed E-state index contributed by atoms with van der Waals surface area (Å²) >= 11 is 0. The summed E-state index contributed by atoms with van der Waals surface area (Å²) in [5, 5.41) is 2.52. The van der Waals surface area contributed by atoms with Gasteiger partial charge in [0.2, 0.25) is 11.8 Å². The summed E-state index contributed by atoms with van der Waals surface area (Å²) in [5.41, 5.74) is 0.182. The van der Waals surface area contributed by atoms with Gasteiger partial charge in [-0.25, -0.2) is 0 Å². The normalized spacial score (nSPS) is 11.1. The average molecular weight is 365 g/mol. The Bertz CT molecular complexity index is 747. The van der Waals surface area contributed by atoms with Gasteiger partial charge in [-0.1, -0.05) is 6.07 Å². The number of pyridine rings is 1. The zero-order valence-corrected chi connectivity index (χ0v) is 14.1. The maximum Gasteiger partial charge on any atom is 0.416 e. The Morgan fingerprint density at radius 3 is 2.35 bits per heavy atom. The van der Waals surface area contributed by atoms with Crippen LogP contribution in [-0.2, 0) is 22.3 Å². The van der Waals surface area contributed by atoms with E-state index in [2.05, 4.69) is 10.3 Å². The highest BCUT2D eigenvalue weighted by atomic mass is 19.4. The van der Waals surface area contributed by atoms with Crippen LogP contribution in [0.5, 0.6) is 0 Å². The monoisotopic (exact) mass is 365 g/mol. The molecule has 0 saturated heterocycles. The number of hydrogen-bond donors (Lipinski definition) is 1. The van der Waals surface area contributed by atoms with Gasteiger partial charge in [0.1, 0.15) is 0 Å². The van der Waals surface area contributed by atoms with Crippen LogP contribution in [0.4, 0.5) is 18.9 Å². The molecule has 2 rings (SSSR count). The first-order chi connectivity index (χ1) is 12.3. The van der Waals surface area contributed by atoms with Crippen molar-refractivity contribution in [2.45, 2.75) is 26.1 Å². The van der Waals surface area contributed by atoms with E-state index in [0.29, 0.717) is 5.69 Å². The Labute approximate surface area is 148 Å². The molecule has 0 aliphatic rings. The van der Waals surface area contributed by atoms with Crippen LogP contribution < -0.4 is 5.32 Å². The minimum Gasteiger partial charge on any atom is -0.337 e. The van der Waals surface area contributed by atoms with Gasteiger partial charge in [-0.3, -0.25) is 14.6 Å². The summed E-state index contributed by atoms with van der Waals surface area (Å²) < 4.78 is 37.5. The van der Waals surface area contributed by atoms with Gasteiger partial charge in [-0.15, -0.1) is 0 Å². The SMILES string of the molecule is CC(=O)N(CCC(=O)Nc1ccc(C(F)(F)F)cc1)Cc1ccccn1. The van der Waals surface area contributed by atoms with Gasteiger partial charge in [-0.05, 0) is 36.4 Å². The second-order valence-corrected chi connectivity index (χ2v) is 5.63. The Morgan fingerprint density at radius 1 is 1.12 bits per heavy atom. The van der Waals surface area contributed by atoms with E-state index in [4.69, 9.17) is 0 Å². The maximum atomic E-state index is 12.5. The fraction of sp³-hybridized carbons (Fsp3) is 0.278. The summed E-state index contributed by atoms with van der Waals surface area (Å²) in [6, 6.07) is 9.53. The van der Waals surface area contributed by atoms with Crippen LogP contribution in [0.2, 0.25) is 0 Å². The smallest absolute Gasteiger partial charge is 0.337 e. The highest BCUT2D eigenvalue weighted by Crippen LogP contribution is 2.29. The molecule has 1 aromatic carbocycles. The van der Waals surface area contributed by atoms with Gasteiger partial charge in [0, 0.05) is 31.8 Å². The van der Waals surface area contributed by atoms with Gasteiger partial charge in [0.15, 0.2) is 0 Å². The number of carbonyl (C=O) groups excluding carboxylic acids is 2. The number of hydrogen-bond acceptors (Lipinski definition) is 3. The second-order valence-electron chi connectivity index (χ2n) is 5.63. The van der Waals surface area contributed by atoms with Gasteiger partial charge < -0.3 is 10.2 Å². The molecule has 0 aliphatic heterocycles. The minimum atomic E-state index is -4.42. The van der Waals surface area contributed by atoms with E-state index in [1.54, 1.807) is 24.4 Å². The van der Waals surface area contributed by atoms with Crippen LogP contribution in [0.3, 0.4) is 0 Å². The van der Waals surface area contributed by atoms with Crippen molar-refractivity contribution in [3.8, 4) is 0 Å². The first-order valence-electron chi connectivity index (χ1n) is 7.88. The molecule has 0 fully saturated rings. The lowest BCUT2D eigenvalue weighted by Gasteiger charge is -2.20. The molecule has 1 aromatic heterocycles. The summed E-state index contributed by atoms with van der Waals surface area (Å²) in [4.78, 5) is 29.3. The molecule has 8 heteroatoms. The molecule has 5 nitrogen and oxygen atoms in total. The van der Waals surface area contributed by atoms with Crippen molar-refractivity contribution < 1.29 is 22.8 Å². The minimum absolute atomic E-state index is 0.0213. The van der Waals surface area contributed by atoms with Crippen LogP contribution in [-0.4, -0.2) is 28.2 Å². The summed E-state index contributed by atoms with van der Waals surface area (Å²) in [6.45, 7) is 1.86. The van der Waals surface area contributed by atoms with Crippen LogP contribution in [0.15, 0.2) is 48.7 Å². The van der Waals surface area contributed by atoms with Crippen molar-refractivity contribution >= 4 is 17.5 Å². The molecule has 2 amide bonds. The largest absolute Gasteiger partial charge is 0.416 e. The first-order valence-corrected chi connectivity index (χ1v) is 7.88. The van der Waals surface area contributed by atoms with Crippen molar-refractivity contribution in [2.75, 3.05) is 11.9 Å². The Balaban J connectivity index is 1.89. The lowest BCUT2D eigenvalue weighted by Crippen LogP contribution is -2.31. The molecular weight excluding hydrogens is 347 g/mol. The lowest BCUT2D eigenvalue weighted by molar-refractivity contribution is -0.137. The van der Waals surface area contributed by atoms with Gasteiger partial charge in [0.25, 0.3) is 0 Å². The number of aromatic nitrogens is 1. The van der Waals surface area contributed by atoms with Crippen LogP contribution >= 0.6 is 0 Å². The predicted molar refractivity (Wildman–Crippen MR) is 90.0 cm³/mol. The average Bonchev–Trinajstić information content (AvgIpc) is 2.59. The number of rotatable bonds is 6. The summed E-state index contributed by atoms with van der Waals surface area (Å²) in [6.07, 6.45) is -2.78. The van der Waals surface area contributed by atoms with Crippen molar-refractivity contribution in [3.05, 3.63) is 59.9 Å². The lowest BCUT2D eigenvalue weighted by atomic mass is 10.2. The molecule has 0 radical (unpaired) electrons. The quantitative estimate of drug-likeness (QED) is 0.853. The number of halogens is 3. The fourth-order valence-corrected chi connectivity index (χ4v) is 2.24. The standard InChI is InChI=1S/C18H18F3N3O2/c1-13(25)24(12-16-4-2-3-10-22-16)11-9-17(26)23-15-7-5-14(6-8-15)18(19,20)21/h2-8,10H,9,11-12H2,1H3,(H,23,26). The highest BCUT2D eigenvalue weighted by Gasteiger charge is 2.29. The number of nitrogens with zero attached hydrogens (tertiary/aromatic N) is 2. The zero-order valence-electron chi connectivity index (χ0n) is 14.1. The van der Waals surface area contributed by atoms with E-state index >= 15 is 0 Å². The molecule has 1 heterocycles. The first kappa shape index (κ1) is 19.4. The highest BCUT2D eigenvalue weighted by molar-refractivity contribution is 5.91. The molecular formula is C18H18F3N3O2. The number of amides is 2. The molecule has 0 bridgehead atoms. The summed E-state index contributed by atoms with van der Waals surface area (Å²) in [5.74, 6) is -0.588. The molecule has 138 valence electrons. The number of alkyl halides is 3. The second kappa shape index (κ2) is 8.46. The molecule has 2 aromatic rings. The van der Waals surface area contributed by atoms with E-state index < -0.39 is 17.6 Å².